The van der Waals surface area contributed by atoms with Crippen LogP contribution in [-0.2, 0) is 6.42 Å². The van der Waals surface area contributed by atoms with Gasteiger partial charge in [0.1, 0.15) is 0 Å². The fourth-order valence-corrected chi connectivity index (χ4v) is 2.53. The summed E-state index contributed by atoms with van der Waals surface area (Å²) in [6, 6.07) is 7.12. The second-order valence-electron chi connectivity index (χ2n) is 3.95. The molecule has 0 fully saturated rings. The first-order valence-corrected chi connectivity index (χ1v) is 6.75. The molecule has 1 aromatic carbocycles. The molecule has 0 unspecified atom stereocenters. The topological polar surface area (TPSA) is 45.9 Å². The van der Waals surface area contributed by atoms with E-state index >= 15 is 0 Å². The Kier molecular flexibility index (Phi) is 4.72. The molecule has 0 saturated carbocycles. The summed E-state index contributed by atoms with van der Waals surface area (Å²) in [7, 11) is 1.50. The maximum atomic E-state index is 8.78. The van der Waals surface area contributed by atoms with Crippen molar-refractivity contribution >= 4 is 34.8 Å². The molecule has 0 bridgehead atoms. The summed E-state index contributed by atoms with van der Waals surface area (Å²) in [5.41, 5.74) is 1.90. The van der Waals surface area contributed by atoms with Crippen LogP contribution in [0, 0.1) is 11.3 Å². The third kappa shape index (κ3) is 2.83. The molecular formula is C14H9Cl3N2O. The lowest BCUT2D eigenvalue weighted by Gasteiger charge is -2.12. The van der Waals surface area contributed by atoms with E-state index in [1.54, 1.807) is 24.4 Å². The summed E-state index contributed by atoms with van der Waals surface area (Å²) in [4.78, 5) is 4.17. The first-order valence-electron chi connectivity index (χ1n) is 5.62. The zero-order chi connectivity index (χ0) is 14.7. The highest BCUT2D eigenvalue weighted by Gasteiger charge is 2.17. The van der Waals surface area contributed by atoms with E-state index in [0.717, 1.165) is 5.56 Å². The monoisotopic (exact) mass is 326 g/mol. The first kappa shape index (κ1) is 14.9. The van der Waals surface area contributed by atoms with E-state index in [2.05, 4.69) is 11.1 Å². The van der Waals surface area contributed by atoms with Crippen molar-refractivity contribution in [2.24, 2.45) is 0 Å². The molecule has 6 heteroatoms. The van der Waals surface area contributed by atoms with E-state index in [1.165, 1.54) is 7.11 Å². The summed E-state index contributed by atoms with van der Waals surface area (Å²) in [6.07, 6.45) is 1.82. The van der Waals surface area contributed by atoms with Gasteiger partial charge < -0.3 is 4.74 Å². The van der Waals surface area contributed by atoms with Crippen LogP contribution in [-0.4, -0.2) is 12.1 Å². The van der Waals surface area contributed by atoms with Crippen molar-refractivity contribution in [3.05, 3.63) is 45.0 Å². The number of nitriles is 1. The molecular weight excluding hydrogens is 319 g/mol. The summed E-state index contributed by atoms with van der Waals surface area (Å²) >= 11 is 18.5. The Hall–Kier alpha value is -1.47. The normalized spacial score (nSPS) is 10.2. The molecule has 0 aliphatic rings. The molecule has 2 aromatic rings. The van der Waals surface area contributed by atoms with Crippen molar-refractivity contribution in [2.45, 2.75) is 6.42 Å². The van der Waals surface area contributed by atoms with Crippen molar-refractivity contribution in [2.75, 3.05) is 7.11 Å². The second-order valence-corrected chi connectivity index (χ2v) is 5.15. The van der Waals surface area contributed by atoms with Gasteiger partial charge in [0.2, 0.25) is 5.88 Å². The standard InChI is InChI=1S/C14H9Cl3N2O/c1-20-14-9(6-8(4-5-18)7-19-14)12-10(15)2-3-11(16)13(12)17/h2-3,6-7H,4H2,1H3. The van der Waals surface area contributed by atoms with Crippen molar-refractivity contribution in [3.8, 4) is 23.1 Å². The first-order chi connectivity index (χ1) is 9.58. The molecule has 2 rings (SSSR count). The Labute approximate surface area is 131 Å². The molecule has 20 heavy (non-hydrogen) atoms. The van der Waals surface area contributed by atoms with Crippen LogP contribution in [0.25, 0.3) is 11.1 Å². The predicted octanol–water partition coefficient (Wildman–Crippen LogP) is 4.78. The highest BCUT2D eigenvalue weighted by Crippen LogP contribution is 2.42. The van der Waals surface area contributed by atoms with Crippen molar-refractivity contribution in [3.63, 3.8) is 0 Å². The average Bonchev–Trinajstić information content (AvgIpc) is 2.44. The van der Waals surface area contributed by atoms with E-state index in [-0.39, 0.29) is 6.42 Å². The number of aromatic nitrogens is 1. The minimum Gasteiger partial charge on any atom is -0.481 e. The van der Waals surface area contributed by atoms with Gasteiger partial charge in [-0.2, -0.15) is 5.26 Å². The third-order valence-corrected chi connectivity index (χ3v) is 3.82. The van der Waals surface area contributed by atoms with Gasteiger partial charge in [0.05, 0.1) is 34.7 Å². The molecule has 0 spiro atoms. The van der Waals surface area contributed by atoms with Crippen molar-refractivity contribution in [1.82, 2.24) is 4.98 Å². The van der Waals surface area contributed by atoms with Crippen LogP contribution in [0.3, 0.4) is 0 Å². The number of hydrogen-bond acceptors (Lipinski definition) is 3. The zero-order valence-electron chi connectivity index (χ0n) is 10.5. The Morgan fingerprint density at radius 2 is 1.95 bits per heavy atom. The van der Waals surface area contributed by atoms with E-state index in [0.29, 0.717) is 32.1 Å². The van der Waals surface area contributed by atoms with Gasteiger partial charge in [0, 0.05) is 17.3 Å². The van der Waals surface area contributed by atoms with Crippen molar-refractivity contribution in [1.29, 1.82) is 5.26 Å². The lowest BCUT2D eigenvalue weighted by atomic mass is 10.0. The van der Waals surface area contributed by atoms with E-state index in [4.69, 9.17) is 44.8 Å². The highest BCUT2D eigenvalue weighted by molar-refractivity contribution is 6.46. The number of benzene rings is 1. The van der Waals surface area contributed by atoms with Crippen LogP contribution in [0.1, 0.15) is 5.56 Å². The molecule has 102 valence electrons. The van der Waals surface area contributed by atoms with Crippen LogP contribution in [0.15, 0.2) is 24.4 Å². The fourth-order valence-electron chi connectivity index (χ4n) is 1.80. The molecule has 0 radical (unpaired) electrons. The Balaban J connectivity index is 2.71. The van der Waals surface area contributed by atoms with Gasteiger partial charge in [-0.15, -0.1) is 0 Å². The maximum Gasteiger partial charge on any atom is 0.221 e. The van der Waals surface area contributed by atoms with Gasteiger partial charge in [0.25, 0.3) is 0 Å². The molecule has 0 aliphatic heterocycles. The maximum absolute atomic E-state index is 8.78. The molecule has 1 heterocycles. The number of pyridine rings is 1. The van der Waals surface area contributed by atoms with Gasteiger partial charge in [-0.25, -0.2) is 4.98 Å². The summed E-state index contributed by atoms with van der Waals surface area (Å²) in [6.45, 7) is 0. The summed E-state index contributed by atoms with van der Waals surface area (Å²) in [5, 5.41) is 9.93. The minimum atomic E-state index is 0.236. The van der Waals surface area contributed by atoms with Crippen LogP contribution in [0.5, 0.6) is 5.88 Å². The number of nitrogens with zero attached hydrogens (tertiary/aromatic N) is 2. The quantitative estimate of drug-likeness (QED) is 0.762. The Bertz CT molecular complexity index is 696. The lowest BCUT2D eigenvalue weighted by Crippen LogP contribution is -1.95. The van der Waals surface area contributed by atoms with Gasteiger partial charge in [-0.1, -0.05) is 34.8 Å². The molecule has 0 N–H and O–H groups in total. The minimum absolute atomic E-state index is 0.236. The van der Waals surface area contributed by atoms with E-state index in [9.17, 15) is 0 Å². The lowest BCUT2D eigenvalue weighted by molar-refractivity contribution is 0.399. The van der Waals surface area contributed by atoms with Crippen molar-refractivity contribution < 1.29 is 4.74 Å². The number of methoxy groups -OCH3 is 1. The third-order valence-electron chi connectivity index (χ3n) is 2.70. The number of hydrogen-bond donors (Lipinski definition) is 0. The van der Waals surface area contributed by atoms with E-state index < -0.39 is 0 Å². The van der Waals surface area contributed by atoms with Crippen LogP contribution in [0.2, 0.25) is 15.1 Å². The number of halogens is 3. The molecule has 1 aromatic heterocycles. The Morgan fingerprint density at radius 3 is 2.60 bits per heavy atom. The molecule has 3 nitrogen and oxygen atoms in total. The average molecular weight is 328 g/mol. The molecule has 0 aliphatic carbocycles. The summed E-state index contributed by atoms with van der Waals surface area (Å²) < 4.78 is 5.23. The predicted molar refractivity (Wildman–Crippen MR) is 80.6 cm³/mol. The van der Waals surface area contributed by atoms with Crippen LogP contribution >= 0.6 is 34.8 Å². The number of ether oxygens (including phenoxy) is 1. The molecule has 0 amide bonds. The van der Waals surface area contributed by atoms with Gasteiger partial charge in [-0.05, 0) is 23.8 Å². The smallest absolute Gasteiger partial charge is 0.221 e. The largest absolute Gasteiger partial charge is 0.481 e. The van der Waals surface area contributed by atoms with Gasteiger partial charge in [-0.3, -0.25) is 0 Å². The van der Waals surface area contributed by atoms with Crippen LogP contribution in [0.4, 0.5) is 0 Å². The number of rotatable bonds is 3. The SMILES string of the molecule is COc1ncc(CC#N)cc1-c1c(Cl)ccc(Cl)c1Cl. The fraction of sp³-hybridized carbons (Fsp3) is 0.143. The second kappa shape index (κ2) is 6.32. The van der Waals surface area contributed by atoms with E-state index in [1.807, 2.05) is 0 Å². The summed E-state index contributed by atoms with van der Waals surface area (Å²) in [5.74, 6) is 0.373. The Morgan fingerprint density at radius 1 is 1.25 bits per heavy atom. The molecule has 0 atom stereocenters. The highest BCUT2D eigenvalue weighted by atomic mass is 35.5. The van der Waals surface area contributed by atoms with Crippen LogP contribution < -0.4 is 4.74 Å². The zero-order valence-corrected chi connectivity index (χ0v) is 12.7. The van der Waals surface area contributed by atoms with Gasteiger partial charge in [0.15, 0.2) is 0 Å². The molecule has 0 saturated heterocycles. The van der Waals surface area contributed by atoms with Gasteiger partial charge >= 0.3 is 0 Å².